The third kappa shape index (κ3) is 7.40. The van der Waals surface area contributed by atoms with Gasteiger partial charge in [0.25, 0.3) is 5.91 Å². The van der Waals surface area contributed by atoms with E-state index in [0.29, 0.717) is 36.8 Å². The molecule has 1 N–H and O–H groups in total. The quantitative estimate of drug-likeness (QED) is 0.633. The van der Waals surface area contributed by atoms with E-state index in [-0.39, 0.29) is 24.2 Å². The lowest BCUT2D eigenvalue weighted by atomic mass is 10.2. The topological polar surface area (TPSA) is 93.2 Å². The van der Waals surface area contributed by atoms with Crippen LogP contribution in [-0.4, -0.2) is 85.7 Å². The molecule has 3 heterocycles. The lowest BCUT2D eigenvalue weighted by Crippen LogP contribution is -2.42. The summed E-state index contributed by atoms with van der Waals surface area (Å²) < 4.78 is 17.3. The molecule has 4 rings (SSSR count). The van der Waals surface area contributed by atoms with Crippen molar-refractivity contribution in [3.8, 4) is 17.4 Å². The summed E-state index contributed by atoms with van der Waals surface area (Å²) in [6.45, 7) is 5.91. The Labute approximate surface area is 206 Å². The number of amides is 2. The van der Waals surface area contributed by atoms with Crippen LogP contribution in [0.1, 0.15) is 36.0 Å². The largest absolute Gasteiger partial charge is 0.490 e. The molecule has 9 heteroatoms. The van der Waals surface area contributed by atoms with Gasteiger partial charge in [0, 0.05) is 32.4 Å². The van der Waals surface area contributed by atoms with Crippen LogP contribution in [0.2, 0.25) is 0 Å². The molecule has 0 aliphatic carbocycles. The van der Waals surface area contributed by atoms with Gasteiger partial charge in [-0.2, -0.15) is 0 Å². The summed E-state index contributed by atoms with van der Waals surface area (Å²) in [6.07, 6.45) is 4.94. The normalized spacial score (nSPS) is 17.5. The zero-order valence-corrected chi connectivity index (χ0v) is 20.1. The molecule has 1 saturated heterocycles. The molecule has 0 radical (unpaired) electrons. The smallest absolute Gasteiger partial charge is 0.259 e. The van der Waals surface area contributed by atoms with Gasteiger partial charge in [-0.3, -0.25) is 14.5 Å². The fourth-order valence-corrected chi connectivity index (χ4v) is 4.16. The molecule has 0 bridgehead atoms. The molecule has 188 valence electrons. The molecule has 35 heavy (non-hydrogen) atoms. The molecule has 9 nitrogen and oxygen atoms in total. The molecule has 2 amide bonds. The van der Waals surface area contributed by atoms with E-state index in [1.165, 1.54) is 0 Å². The van der Waals surface area contributed by atoms with Crippen LogP contribution in [0.3, 0.4) is 0 Å². The van der Waals surface area contributed by atoms with Gasteiger partial charge < -0.3 is 24.4 Å². The maximum Gasteiger partial charge on any atom is 0.259 e. The lowest BCUT2D eigenvalue weighted by molar-refractivity contribution is -0.121. The van der Waals surface area contributed by atoms with Crippen molar-refractivity contribution >= 4 is 11.8 Å². The van der Waals surface area contributed by atoms with E-state index >= 15 is 0 Å². The van der Waals surface area contributed by atoms with Gasteiger partial charge in [-0.1, -0.05) is 12.1 Å². The van der Waals surface area contributed by atoms with E-state index in [9.17, 15) is 9.59 Å². The molecule has 0 atom stereocenters. The highest BCUT2D eigenvalue weighted by atomic mass is 16.5. The van der Waals surface area contributed by atoms with Gasteiger partial charge in [-0.25, -0.2) is 4.98 Å². The zero-order valence-electron chi connectivity index (χ0n) is 20.1. The SMILES string of the molecule is O=C(CN1CCCCCOc2ccccc2Oc2ncccc2C1=O)NCCCN1CCOCC1. The van der Waals surface area contributed by atoms with Crippen LogP contribution >= 0.6 is 0 Å². The minimum Gasteiger partial charge on any atom is -0.490 e. The van der Waals surface area contributed by atoms with E-state index in [2.05, 4.69) is 15.2 Å². The van der Waals surface area contributed by atoms with Gasteiger partial charge in [0.15, 0.2) is 11.5 Å². The van der Waals surface area contributed by atoms with Crippen LogP contribution in [0, 0.1) is 0 Å². The van der Waals surface area contributed by atoms with E-state index in [1.54, 1.807) is 29.3 Å². The second kappa shape index (κ2) is 13.1. The van der Waals surface area contributed by atoms with Crippen molar-refractivity contribution in [3.05, 3.63) is 48.2 Å². The number of hydrogen-bond donors (Lipinski definition) is 1. The van der Waals surface area contributed by atoms with Crippen molar-refractivity contribution in [3.63, 3.8) is 0 Å². The summed E-state index contributed by atoms with van der Waals surface area (Å²) in [5, 5.41) is 2.97. The van der Waals surface area contributed by atoms with Gasteiger partial charge in [0.1, 0.15) is 5.56 Å². The summed E-state index contributed by atoms with van der Waals surface area (Å²) >= 11 is 0. The third-order valence-corrected chi connectivity index (χ3v) is 6.09. The Morgan fingerprint density at radius 1 is 0.971 bits per heavy atom. The highest BCUT2D eigenvalue weighted by Gasteiger charge is 2.24. The van der Waals surface area contributed by atoms with Crippen molar-refractivity contribution < 1.29 is 23.8 Å². The number of carbonyl (C=O) groups is 2. The number of morpholine rings is 1. The number of nitrogens with zero attached hydrogens (tertiary/aromatic N) is 3. The van der Waals surface area contributed by atoms with E-state index in [0.717, 1.165) is 58.5 Å². The maximum atomic E-state index is 13.5. The van der Waals surface area contributed by atoms with Crippen LogP contribution < -0.4 is 14.8 Å². The Balaban J connectivity index is 1.41. The number of pyridine rings is 1. The van der Waals surface area contributed by atoms with Crippen LogP contribution in [0.5, 0.6) is 17.4 Å². The molecular weight excluding hydrogens is 448 g/mol. The summed E-state index contributed by atoms with van der Waals surface area (Å²) in [6, 6.07) is 10.7. The first-order valence-electron chi connectivity index (χ1n) is 12.4. The number of fused-ring (bicyclic) bond motifs is 2. The Hall–Kier alpha value is -3.17. The van der Waals surface area contributed by atoms with Crippen molar-refractivity contribution in [2.24, 2.45) is 0 Å². The van der Waals surface area contributed by atoms with E-state index in [4.69, 9.17) is 14.2 Å². The van der Waals surface area contributed by atoms with E-state index < -0.39 is 0 Å². The molecule has 1 aromatic carbocycles. The first kappa shape index (κ1) is 24.9. The number of para-hydroxylation sites is 2. The number of carbonyl (C=O) groups excluding carboxylic acids is 2. The number of nitrogens with one attached hydrogen (secondary N) is 1. The van der Waals surface area contributed by atoms with Crippen molar-refractivity contribution in [1.82, 2.24) is 20.1 Å². The van der Waals surface area contributed by atoms with E-state index in [1.807, 2.05) is 18.2 Å². The second-order valence-electron chi connectivity index (χ2n) is 8.70. The molecule has 2 aliphatic rings. The molecule has 0 saturated carbocycles. The molecule has 2 aromatic rings. The summed E-state index contributed by atoms with van der Waals surface area (Å²) in [7, 11) is 0. The van der Waals surface area contributed by atoms with Crippen LogP contribution in [0.4, 0.5) is 0 Å². The minimum atomic E-state index is -0.269. The van der Waals surface area contributed by atoms with Crippen molar-refractivity contribution in [1.29, 1.82) is 0 Å². The lowest BCUT2D eigenvalue weighted by Gasteiger charge is -2.26. The third-order valence-electron chi connectivity index (χ3n) is 6.09. The zero-order chi connectivity index (χ0) is 24.3. The van der Waals surface area contributed by atoms with Crippen LogP contribution in [-0.2, 0) is 9.53 Å². The van der Waals surface area contributed by atoms with Gasteiger partial charge >= 0.3 is 0 Å². The predicted molar refractivity (Wildman–Crippen MR) is 131 cm³/mol. The summed E-state index contributed by atoms with van der Waals surface area (Å²) in [5.74, 6) is 0.885. The number of hydrogen-bond acceptors (Lipinski definition) is 7. The van der Waals surface area contributed by atoms with Gasteiger partial charge in [0.2, 0.25) is 11.8 Å². The van der Waals surface area contributed by atoms with Crippen LogP contribution in [0.25, 0.3) is 0 Å². The van der Waals surface area contributed by atoms with Gasteiger partial charge in [-0.05, 0) is 56.5 Å². The molecule has 0 spiro atoms. The average molecular weight is 483 g/mol. The minimum absolute atomic E-state index is 0.00217. The molecule has 1 aromatic heterocycles. The van der Waals surface area contributed by atoms with Crippen molar-refractivity contribution in [2.45, 2.75) is 25.7 Å². The van der Waals surface area contributed by atoms with Gasteiger partial charge in [0.05, 0.1) is 26.4 Å². The Morgan fingerprint density at radius 3 is 2.66 bits per heavy atom. The Bertz CT molecular complexity index is 980. The summed E-state index contributed by atoms with van der Waals surface area (Å²) in [4.78, 5) is 34.4. The number of benzene rings is 1. The van der Waals surface area contributed by atoms with Crippen LogP contribution in [0.15, 0.2) is 42.6 Å². The van der Waals surface area contributed by atoms with Gasteiger partial charge in [-0.15, -0.1) is 0 Å². The molecular formula is C26H34N4O5. The number of rotatable bonds is 6. The Kier molecular flexibility index (Phi) is 9.31. The second-order valence-corrected chi connectivity index (χ2v) is 8.70. The Morgan fingerprint density at radius 2 is 1.80 bits per heavy atom. The first-order chi connectivity index (χ1) is 17.2. The molecule has 0 unspecified atom stereocenters. The highest BCUT2D eigenvalue weighted by Crippen LogP contribution is 2.32. The fraction of sp³-hybridized carbons (Fsp3) is 0.500. The molecule has 1 fully saturated rings. The van der Waals surface area contributed by atoms with Crippen molar-refractivity contribution in [2.75, 3.05) is 59.1 Å². The summed E-state index contributed by atoms with van der Waals surface area (Å²) in [5.41, 5.74) is 0.321. The predicted octanol–water partition coefficient (Wildman–Crippen LogP) is 2.72. The maximum absolute atomic E-state index is 13.5. The molecule has 2 aliphatic heterocycles. The monoisotopic (exact) mass is 482 g/mol. The average Bonchev–Trinajstić information content (AvgIpc) is 2.90. The first-order valence-corrected chi connectivity index (χ1v) is 12.4. The number of aromatic nitrogens is 1. The fourth-order valence-electron chi connectivity index (χ4n) is 4.16. The highest BCUT2D eigenvalue weighted by molar-refractivity contribution is 5.98. The standard InChI is InChI=1S/C26H34N4O5/c31-24(27-12-7-13-29-15-18-33-19-16-29)20-30-14-4-1-5-17-34-22-9-2-3-10-23(22)35-25-21(26(30)32)8-6-11-28-25/h2-3,6,8-11H,1,4-5,7,12-20H2,(H,27,31). The number of ether oxygens (including phenoxy) is 3.